The molecule has 208 valence electrons. The van der Waals surface area contributed by atoms with Gasteiger partial charge in [-0.15, -0.1) is 0 Å². The van der Waals surface area contributed by atoms with Crippen LogP contribution in [0.3, 0.4) is 0 Å². The Labute approximate surface area is 225 Å². The number of nitrogens with one attached hydrogen (secondary N) is 2. The van der Waals surface area contributed by atoms with E-state index in [4.69, 9.17) is 14.0 Å². The van der Waals surface area contributed by atoms with Gasteiger partial charge in [-0.1, -0.05) is 31.0 Å². The molecule has 3 aliphatic rings. The summed E-state index contributed by atoms with van der Waals surface area (Å²) < 4.78 is 32.1. The molecular formula is C28H34FN5O5. The zero-order valence-electron chi connectivity index (χ0n) is 22.1. The molecule has 2 aromatic heterocycles. The Morgan fingerprint density at radius 2 is 1.97 bits per heavy atom. The third kappa shape index (κ3) is 4.93. The molecule has 3 unspecified atom stereocenters. The highest BCUT2D eigenvalue weighted by Crippen LogP contribution is 2.38. The molecule has 2 N–H and O–H groups in total. The zero-order valence-corrected chi connectivity index (χ0v) is 22.1. The maximum absolute atomic E-state index is 16.0. The number of hydrogen-bond acceptors (Lipinski definition) is 7. The van der Waals surface area contributed by atoms with Crippen LogP contribution in [0.25, 0.3) is 11.0 Å². The van der Waals surface area contributed by atoms with Crippen molar-refractivity contribution in [1.82, 2.24) is 25.3 Å². The molecule has 11 heteroatoms. The second-order valence-electron chi connectivity index (χ2n) is 10.7. The fourth-order valence-electron chi connectivity index (χ4n) is 6.25. The number of imidazole rings is 1. The topological polar surface area (TPSA) is 123 Å². The molecule has 0 bridgehead atoms. The van der Waals surface area contributed by atoms with Crippen LogP contribution >= 0.6 is 0 Å². The first-order valence-corrected chi connectivity index (χ1v) is 13.9. The Balaban J connectivity index is 1.29. The van der Waals surface area contributed by atoms with Crippen LogP contribution in [0.1, 0.15) is 72.0 Å². The van der Waals surface area contributed by atoms with Crippen molar-refractivity contribution < 1.29 is 28.0 Å². The number of aromatic nitrogens is 3. The number of nitrogens with zero attached hydrogens (tertiary/aromatic N) is 3. The molecule has 0 spiro atoms. The molecule has 2 saturated heterocycles. The summed E-state index contributed by atoms with van der Waals surface area (Å²) in [5, 5.41) is 7.05. The van der Waals surface area contributed by atoms with Gasteiger partial charge in [-0.3, -0.25) is 9.59 Å². The number of aromatic amines is 1. The van der Waals surface area contributed by atoms with Gasteiger partial charge in [0.05, 0.1) is 49.6 Å². The lowest BCUT2D eigenvalue weighted by Crippen LogP contribution is -2.45. The number of halogens is 1. The SMILES string of the molecule is CCc1nocc1C(=O)NC(c1nc2c(F)c(C3COCC3C(=O)N3CCOCC3)ccc2[nH]1)C1CCCC1. The average Bonchev–Trinajstić information content (AvgIpc) is 3.78. The molecule has 6 rings (SSSR count). The largest absolute Gasteiger partial charge is 0.380 e. The van der Waals surface area contributed by atoms with Gasteiger partial charge in [0.1, 0.15) is 23.2 Å². The molecule has 3 aromatic rings. The van der Waals surface area contributed by atoms with Crippen molar-refractivity contribution in [1.29, 1.82) is 0 Å². The highest BCUT2D eigenvalue weighted by atomic mass is 19.1. The maximum atomic E-state index is 16.0. The smallest absolute Gasteiger partial charge is 0.257 e. The summed E-state index contributed by atoms with van der Waals surface area (Å²) in [5.74, 6) is -0.882. The first kappa shape index (κ1) is 25.9. The van der Waals surface area contributed by atoms with Gasteiger partial charge in [0.2, 0.25) is 5.91 Å². The van der Waals surface area contributed by atoms with Crippen LogP contribution in [0.15, 0.2) is 22.9 Å². The van der Waals surface area contributed by atoms with Crippen LogP contribution < -0.4 is 5.32 Å². The monoisotopic (exact) mass is 539 g/mol. The summed E-state index contributed by atoms with van der Waals surface area (Å²) in [6.45, 7) is 4.55. The molecule has 1 saturated carbocycles. The van der Waals surface area contributed by atoms with Crippen LogP contribution in [-0.2, 0) is 20.7 Å². The Morgan fingerprint density at radius 3 is 2.74 bits per heavy atom. The zero-order chi connectivity index (χ0) is 26.9. The average molecular weight is 540 g/mol. The van der Waals surface area contributed by atoms with E-state index in [0.29, 0.717) is 60.9 Å². The number of ether oxygens (including phenoxy) is 2. The van der Waals surface area contributed by atoms with Crippen LogP contribution in [-0.4, -0.2) is 71.4 Å². The molecule has 2 aliphatic heterocycles. The van der Waals surface area contributed by atoms with E-state index in [0.717, 1.165) is 25.7 Å². The number of rotatable bonds is 7. The lowest BCUT2D eigenvalue weighted by molar-refractivity contribution is -0.140. The number of carbonyl (C=O) groups excluding carboxylic acids is 2. The minimum Gasteiger partial charge on any atom is -0.380 e. The maximum Gasteiger partial charge on any atom is 0.257 e. The second kappa shape index (κ2) is 11.1. The number of H-pyrrole nitrogens is 1. The van der Waals surface area contributed by atoms with Crippen LogP contribution in [0.2, 0.25) is 0 Å². The number of morpholine rings is 1. The minimum atomic E-state index is -0.450. The van der Waals surface area contributed by atoms with Crippen molar-refractivity contribution in [2.75, 3.05) is 39.5 Å². The number of fused-ring (bicyclic) bond motifs is 1. The van der Waals surface area contributed by atoms with Gasteiger partial charge < -0.3 is 29.2 Å². The quantitative estimate of drug-likeness (QED) is 0.471. The lowest BCUT2D eigenvalue weighted by atomic mass is 9.87. The van der Waals surface area contributed by atoms with Crippen molar-refractivity contribution in [3.8, 4) is 0 Å². The first-order valence-electron chi connectivity index (χ1n) is 13.9. The molecule has 1 aromatic carbocycles. The molecular weight excluding hydrogens is 505 g/mol. The number of carbonyl (C=O) groups is 2. The highest BCUT2D eigenvalue weighted by Gasteiger charge is 2.40. The third-order valence-corrected chi connectivity index (χ3v) is 8.44. The Morgan fingerprint density at radius 1 is 1.18 bits per heavy atom. The van der Waals surface area contributed by atoms with Crippen molar-refractivity contribution in [3.63, 3.8) is 0 Å². The standard InChI is InChI=1S/C28H34FN5O5/c1-2-21-20(15-39-33-21)27(35)32-24(16-5-3-4-6-16)26-30-22-8-7-17(23(29)25(22)31-26)18-13-38-14-19(18)28(36)34-9-11-37-12-10-34/h7-8,15-16,18-19,24H,2-6,9-14H2,1H3,(H,30,31)(H,32,35). The van der Waals surface area contributed by atoms with E-state index in [9.17, 15) is 9.59 Å². The van der Waals surface area contributed by atoms with Crippen LogP contribution in [0, 0.1) is 17.7 Å². The van der Waals surface area contributed by atoms with Crippen molar-refractivity contribution >= 4 is 22.8 Å². The Bertz CT molecular complexity index is 1340. The summed E-state index contributed by atoms with van der Waals surface area (Å²) >= 11 is 0. The summed E-state index contributed by atoms with van der Waals surface area (Å²) in [6.07, 6.45) is 5.98. The molecule has 10 nitrogen and oxygen atoms in total. The predicted molar refractivity (Wildman–Crippen MR) is 139 cm³/mol. The van der Waals surface area contributed by atoms with Gasteiger partial charge in [0.15, 0.2) is 5.82 Å². The van der Waals surface area contributed by atoms with Crippen LogP contribution in [0.5, 0.6) is 0 Å². The van der Waals surface area contributed by atoms with Crippen LogP contribution in [0.4, 0.5) is 4.39 Å². The van der Waals surface area contributed by atoms with Crippen molar-refractivity contribution in [2.45, 2.75) is 51.0 Å². The number of amides is 2. The second-order valence-corrected chi connectivity index (χ2v) is 10.7. The number of hydrogen-bond donors (Lipinski definition) is 2. The molecule has 0 radical (unpaired) electrons. The van der Waals surface area contributed by atoms with Gasteiger partial charge in [-0.25, -0.2) is 9.37 Å². The van der Waals surface area contributed by atoms with Gasteiger partial charge in [-0.05, 0) is 36.8 Å². The molecule has 39 heavy (non-hydrogen) atoms. The molecule has 1 aliphatic carbocycles. The van der Waals surface area contributed by atoms with E-state index in [-0.39, 0.29) is 36.5 Å². The summed E-state index contributed by atoms with van der Waals surface area (Å²) in [5.41, 5.74) is 2.20. The summed E-state index contributed by atoms with van der Waals surface area (Å²) in [6, 6.07) is 3.13. The van der Waals surface area contributed by atoms with Gasteiger partial charge in [-0.2, -0.15) is 0 Å². The molecule has 4 heterocycles. The molecule has 3 fully saturated rings. The van der Waals surface area contributed by atoms with E-state index in [2.05, 4.69) is 20.4 Å². The normalized spacial score (nSPS) is 23.0. The minimum absolute atomic E-state index is 0.0211. The lowest BCUT2D eigenvalue weighted by Gasteiger charge is -2.30. The molecule has 2 amide bonds. The highest BCUT2D eigenvalue weighted by molar-refractivity contribution is 5.95. The van der Waals surface area contributed by atoms with Gasteiger partial charge >= 0.3 is 0 Å². The summed E-state index contributed by atoms with van der Waals surface area (Å²) in [4.78, 5) is 36.2. The third-order valence-electron chi connectivity index (χ3n) is 8.44. The number of benzene rings is 1. The number of aryl methyl sites for hydroxylation is 1. The van der Waals surface area contributed by atoms with E-state index >= 15 is 4.39 Å². The molecule has 3 atom stereocenters. The van der Waals surface area contributed by atoms with E-state index in [1.807, 2.05) is 13.0 Å². The predicted octanol–water partition coefficient (Wildman–Crippen LogP) is 3.50. The Kier molecular flexibility index (Phi) is 7.35. The fraction of sp³-hybridized carbons (Fsp3) is 0.571. The van der Waals surface area contributed by atoms with Gasteiger partial charge in [0.25, 0.3) is 5.91 Å². The van der Waals surface area contributed by atoms with Crippen molar-refractivity contribution in [3.05, 3.63) is 46.9 Å². The Hall–Kier alpha value is -3.31. The van der Waals surface area contributed by atoms with E-state index < -0.39 is 23.7 Å². The van der Waals surface area contributed by atoms with E-state index in [1.54, 1.807) is 11.0 Å². The summed E-state index contributed by atoms with van der Waals surface area (Å²) in [7, 11) is 0. The van der Waals surface area contributed by atoms with E-state index in [1.165, 1.54) is 6.26 Å². The van der Waals surface area contributed by atoms with Crippen molar-refractivity contribution in [2.24, 2.45) is 11.8 Å². The fourth-order valence-corrected chi connectivity index (χ4v) is 6.25. The van der Waals surface area contributed by atoms with Gasteiger partial charge in [0, 0.05) is 19.0 Å². The first-order chi connectivity index (χ1) is 19.0.